The molecular formula is C29H37NO. The first-order chi connectivity index (χ1) is 14.5. The fourth-order valence-electron chi connectivity index (χ4n) is 3.89. The van der Waals surface area contributed by atoms with Crippen LogP contribution >= 0.6 is 0 Å². The first-order valence-corrected chi connectivity index (χ1v) is 11.4. The van der Waals surface area contributed by atoms with E-state index in [9.17, 15) is 4.79 Å². The van der Waals surface area contributed by atoms with Gasteiger partial charge in [0.05, 0.1) is 0 Å². The molecule has 3 rings (SSSR count). The largest absolute Gasteiger partial charge is 0.295 e. The predicted molar refractivity (Wildman–Crippen MR) is 133 cm³/mol. The standard InChI is InChI=1S/C29H37NO/c1-8-30-19-23(17-21-9-13-25(14-10-21)28(2,3)4)27(31)24(20-30)18-22-11-15-26(16-12-22)29(5,6)7/h9-18H,8,19-20H2,1-7H3. The molecule has 0 unspecified atom stereocenters. The van der Waals surface area contributed by atoms with Gasteiger partial charge in [-0.05, 0) is 51.8 Å². The Kier molecular flexibility index (Phi) is 6.71. The van der Waals surface area contributed by atoms with Crippen LogP contribution in [0.4, 0.5) is 0 Å². The molecule has 0 aliphatic carbocycles. The van der Waals surface area contributed by atoms with E-state index in [1.54, 1.807) is 0 Å². The summed E-state index contributed by atoms with van der Waals surface area (Å²) in [7, 11) is 0. The lowest BCUT2D eigenvalue weighted by Gasteiger charge is -2.28. The Labute approximate surface area is 188 Å². The van der Waals surface area contributed by atoms with Crippen LogP contribution in [0.15, 0.2) is 59.7 Å². The number of carbonyl (C=O) groups excluding carboxylic acids is 1. The molecule has 0 aromatic heterocycles. The summed E-state index contributed by atoms with van der Waals surface area (Å²) < 4.78 is 0. The average molecular weight is 416 g/mol. The highest BCUT2D eigenvalue weighted by Gasteiger charge is 2.25. The van der Waals surface area contributed by atoms with Gasteiger partial charge in [-0.25, -0.2) is 0 Å². The maximum absolute atomic E-state index is 13.3. The predicted octanol–water partition coefficient (Wildman–Crippen LogP) is 6.65. The second kappa shape index (κ2) is 8.96. The highest BCUT2D eigenvalue weighted by molar-refractivity contribution is 6.14. The van der Waals surface area contributed by atoms with Gasteiger partial charge in [-0.1, -0.05) is 97.0 Å². The van der Waals surface area contributed by atoms with Crippen LogP contribution in [-0.4, -0.2) is 30.3 Å². The van der Waals surface area contributed by atoms with Crippen LogP contribution in [0.25, 0.3) is 12.2 Å². The Bertz CT molecular complexity index is 898. The van der Waals surface area contributed by atoms with E-state index in [1.165, 1.54) is 11.1 Å². The van der Waals surface area contributed by atoms with Gasteiger partial charge in [0.25, 0.3) is 0 Å². The maximum Gasteiger partial charge on any atom is 0.187 e. The molecule has 2 nitrogen and oxygen atoms in total. The Morgan fingerprint density at radius 3 is 1.35 bits per heavy atom. The second-order valence-corrected chi connectivity index (χ2v) is 10.7. The molecule has 1 saturated heterocycles. The number of piperidine rings is 1. The molecule has 0 radical (unpaired) electrons. The van der Waals surface area contributed by atoms with E-state index >= 15 is 0 Å². The molecule has 164 valence electrons. The molecule has 1 heterocycles. The summed E-state index contributed by atoms with van der Waals surface area (Å²) in [4.78, 5) is 15.6. The maximum atomic E-state index is 13.3. The molecular weight excluding hydrogens is 378 g/mol. The SMILES string of the molecule is CCN1CC(=Cc2ccc(C(C)(C)C)cc2)C(=O)C(=Cc2ccc(C(C)(C)C)cc2)C1. The van der Waals surface area contributed by atoms with Crippen molar-refractivity contribution >= 4 is 17.9 Å². The van der Waals surface area contributed by atoms with Crippen LogP contribution in [0.1, 0.15) is 70.7 Å². The first-order valence-electron chi connectivity index (χ1n) is 11.4. The molecule has 31 heavy (non-hydrogen) atoms. The monoisotopic (exact) mass is 415 g/mol. The Morgan fingerprint density at radius 1 is 0.710 bits per heavy atom. The van der Waals surface area contributed by atoms with Gasteiger partial charge in [-0.3, -0.25) is 9.69 Å². The van der Waals surface area contributed by atoms with Crippen LogP contribution in [-0.2, 0) is 15.6 Å². The number of ketones is 1. The molecule has 0 amide bonds. The van der Waals surface area contributed by atoms with Gasteiger partial charge in [0.1, 0.15) is 0 Å². The van der Waals surface area contributed by atoms with E-state index in [4.69, 9.17) is 0 Å². The molecule has 0 bridgehead atoms. The van der Waals surface area contributed by atoms with Crippen molar-refractivity contribution in [3.05, 3.63) is 81.9 Å². The lowest BCUT2D eigenvalue weighted by molar-refractivity contribution is -0.113. The second-order valence-electron chi connectivity index (χ2n) is 10.7. The number of Topliss-reactive ketones (excluding diaryl/α,β-unsaturated/α-hetero) is 1. The molecule has 2 aromatic rings. The highest BCUT2D eigenvalue weighted by Crippen LogP contribution is 2.26. The summed E-state index contributed by atoms with van der Waals surface area (Å²) in [5, 5.41) is 0. The van der Waals surface area contributed by atoms with Crippen molar-refractivity contribution in [2.75, 3.05) is 19.6 Å². The number of likely N-dealkylation sites (N-methyl/N-ethyl adjacent to an activating group) is 1. The van der Waals surface area contributed by atoms with E-state index in [1.807, 2.05) is 0 Å². The van der Waals surface area contributed by atoms with E-state index in [-0.39, 0.29) is 16.6 Å². The number of hydrogen-bond donors (Lipinski definition) is 0. The van der Waals surface area contributed by atoms with Gasteiger partial charge in [0.15, 0.2) is 5.78 Å². The number of carbonyl (C=O) groups is 1. The van der Waals surface area contributed by atoms with Crippen molar-refractivity contribution in [1.29, 1.82) is 0 Å². The first kappa shape index (κ1) is 23.2. The zero-order valence-electron chi connectivity index (χ0n) is 20.3. The number of benzene rings is 2. The molecule has 0 N–H and O–H groups in total. The van der Waals surface area contributed by atoms with Crippen LogP contribution < -0.4 is 0 Å². The summed E-state index contributed by atoms with van der Waals surface area (Å²) in [5.41, 5.74) is 6.78. The van der Waals surface area contributed by atoms with Crippen LogP contribution in [0, 0.1) is 0 Å². The average Bonchev–Trinajstić information content (AvgIpc) is 2.70. The third-order valence-corrected chi connectivity index (χ3v) is 6.05. The summed E-state index contributed by atoms with van der Waals surface area (Å²) in [5.74, 6) is 0.171. The number of likely N-dealkylation sites (tertiary alicyclic amines) is 1. The molecule has 0 saturated carbocycles. The fraction of sp³-hybridized carbons (Fsp3) is 0.414. The molecule has 0 spiro atoms. The van der Waals surface area contributed by atoms with Crippen LogP contribution in [0.5, 0.6) is 0 Å². The molecule has 2 heteroatoms. The molecule has 0 atom stereocenters. The van der Waals surface area contributed by atoms with Gasteiger partial charge in [-0.15, -0.1) is 0 Å². The van der Waals surface area contributed by atoms with E-state index < -0.39 is 0 Å². The summed E-state index contributed by atoms with van der Waals surface area (Å²) in [6.45, 7) is 17.8. The minimum Gasteiger partial charge on any atom is -0.295 e. The van der Waals surface area contributed by atoms with Gasteiger partial charge >= 0.3 is 0 Å². The number of hydrogen-bond acceptors (Lipinski definition) is 2. The Hall–Kier alpha value is -2.45. The van der Waals surface area contributed by atoms with Crippen molar-refractivity contribution in [1.82, 2.24) is 4.90 Å². The minimum atomic E-state index is 0.129. The normalized spacial score (nSPS) is 18.7. The van der Waals surface area contributed by atoms with E-state index in [2.05, 4.69) is 114 Å². The van der Waals surface area contributed by atoms with Gasteiger partial charge in [-0.2, -0.15) is 0 Å². The van der Waals surface area contributed by atoms with Crippen molar-refractivity contribution in [3.63, 3.8) is 0 Å². The van der Waals surface area contributed by atoms with Crippen LogP contribution in [0.2, 0.25) is 0 Å². The summed E-state index contributed by atoms with van der Waals surface area (Å²) >= 11 is 0. The Morgan fingerprint density at radius 2 is 1.06 bits per heavy atom. The Balaban J connectivity index is 1.89. The highest BCUT2D eigenvalue weighted by atomic mass is 16.1. The molecule has 1 aliphatic heterocycles. The fourth-order valence-corrected chi connectivity index (χ4v) is 3.89. The van der Waals surface area contributed by atoms with Gasteiger partial charge in [0, 0.05) is 24.2 Å². The minimum absolute atomic E-state index is 0.129. The molecule has 1 aliphatic rings. The smallest absolute Gasteiger partial charge is 0.187 e. The summed E-state index contributed by atoms with van der Waals surface area (Å²) in [6.07, 6.45) is 4.13. The van der Waals surface area contributed by atoms with E-state index in [0.717, 1.165) is 28.8 Å². The van der Waals surface area contributed by atoms with Gasteiger partial charge < -0.3 is 0 Å². The third-order valence-electron chi connectivity index (χ3n) is 6.05. The topological polar surface area (TPSA) is 20.3 Å². The molecule has 1 fully saturated rings. The van der Waals surface area contributed by atoms with E-state index in [0.29, 0.717) is 13.1 Å². The van der Waals surface area contributed by atoms with Crippen molar-refractivity contribution in [3.8, 4) is 0 Å². The number of rotatable bonds is 3. The zero-order chi connectivity index (χ0) is 22.8. The third kappa shape index (κ3) is 5.83. The van der Waals surface area contributed by atoms with Crippen molar-refractivity contribution in [2.45, 2.75) is 59.3 Å². The van der Waals surface area contributed by atoms with Crippen LogP contribution in [0.3, 0.4) is 0 Å². The lowest BCUT2D eigenvalue weighted by Crippen LogP contribution is -2.37. The number of nitrogens with zero attached hydrogens (tertiary/aromatic N) is 1. The van der Waals surface area contributed by atoms with Gasteiger partial charge in [0.2, 0.25) is 0 Å². The quantitative estimate of drug-likeness (QED) is 0.523. The van der Waals surface area contributed by atoms with Crippen molar-refractivity contribution < 1.29 is 4.79 Å². The zero-order valence-corrected chi connectivity index (χ0v) is 20.3. The summed E-state index contributed by atoms with van der Waals surface area (Å²) in [6, 6.07) is 17.2. The van der Waals surface area contributed by atoms with Crippen molar-refractivity contribution in [2.24, 2.45) is 0 Å². The molecule has 2 aromatic carbocycles. The lowest BCUT2D eigenvalue weighted by atomic mass is 9.86.